The molecule has 0 fully saturated rings. The van der Waals surface area contributed by atoms with Crippen LogP contribution in [0.1, 0.15) is 20.8 Å². The minimum Gasteiger partial charge on any atom is -0.480 e. The first-order valence-electron chi connectivity index (χ1n) is 6.66. The molecular formula is C14H20N2O6. The van der Waals surface area contributed by atoms with Gasteiger partial charge in [0, 0.05) is 6.07 Å². The number of alkyl carbamates (subject to hydrolysis) is 1. The number of hydrogen-bond acceptors (Lipinski definition) is 6. The molecule has 1 amide bonds. The number of carbonyl (C=O) groups excluding carboxylic acids is 1. The fraction of sp³-hybridized carbons (Fsp3) is 0.500. The van der Waals surface area contributed by atoms with Gasteiger partial charge in [-0.1, -0.05) is 0 Å². The third-order valence-corrected chi connectivity index (χ3v) is 2.09. The monoisotopic (exact) mass is 312 g/mol. The number of hydrogen-bond donors (Lipinski definition) is 2. The van der Waals surface area contributed by atoms with Gasteiger partial charge in [0.1, 0.15) is 18.0 Å². The average molecular weight is 312 g/mol. The van der Waals surface area contributed by atoms with Crippen LogP contribution in [0.25, 0.3) is 0 Å². The van der Waals surface area contributed by atoms with Crippen molar-refractivity contribution in [3.63, 3.8) is 0 Å². The van der Waals surface area contributed by atoms with E-state index in [9.17, 15) is 9.59 Å². The van der Waals surface area contributed by atoms with Crippen molar-refractivity contribution in [3.05, 3.63) is 18.3 Å². The summed E-state index contributed by atoms with van der Waals surface area (Å²) in [6, 6.07) is 3.09. The predicted molar refractivity (Wildman–Crippen MR) is 77.1 cm³/mol. The van der Waals surface area contributed by atoms with Crippen LogP contribution in [0, 0.1) is 0 Å². The number of amides is 1. The van der Waals surface area contributed by atoms with Gasteiger partial charge in [-0.2, -0.15) is 0 Å². The Kier molecular flexibility index (Phi) is 6.43. The first-order chi connectivity index (χ1) is 10.3. The lowest BCUT2D eigenvalue weighted by Crippen LogP contribution is -2.34. The highest BCUT2D eigenvalue weighted by Gasteiger charge is 2.15. The van der Waals surface area contributed by atoms with Gasteiger partial charge in [-0.3, -0.25) is 0 Å². The molecule has 2 N–H and O–H groups in total. The number of aliphatic carboxylic acids is 1. The molecule has 0 unspecified atom stereocenters. The quantitative estimate of drug-likeness (QED) is 0.734. The maximum atomic E-state index is 11.4. The lowest BCUT2D eigenvalue weighted by Gasteiger charge is -2.19. The molecule has 0 aliphatic heterocycles. The highest BCUT2D eigenvalue weighted by Crippen LogP contribution is 2.13. The summed E-state index contributed by atoms with van der Waals surface area (Å²) in [6.07, 6.45) is 0.848. The number of pyridine rings is 1. The van der Waals surface area contributed by atoms with E-state index in [4.69, 9.17) is 19.3 Å². The SMILES string of the molecule is CC(C)(C)OC(=O)NCCOc1ccc(OCC(=O)O)cn1. The maximum absolute atomic E-state index is 11.4. The highest BCUT2D eigenvalue weighted by atomic mass is 16.6. The van der Waals surface area contributed by atoms with Gasteiger partial charge >= 0.3 is 12.1 Å². The van der Waals surface area contributed by atoms with Crippen molar-refractivity contribution < 1.29 is 28.9 Å². The van der Waals surface area contributed by atoms with Crippen molar-refractivity contribution in [2.24, 2.45) is 0 Å². The standard InChI is InChI=1S/C14H20N2O6/c1-14(2,3)22-13(19)15-6-7-20-11-5-4-10(8-16-11)21-9-12(17)18/h4-5,8H,6-7,9H2,1-3H3,(H,15,19)(H,17,18). The van der Waals surface area contributed by atoms with Gasteiger partial charge in [0.15, 0.2) is 6.61 Å². The normalized spacial score (nSPS) is 10.7. The Hall–Kier alpha value is -2.51. The molecule has 0 aliphatic carbocycles. The van der Waals surface area contributed by atoms with Crippen molar-refractivity contribution in [1.82, 2.24) is 10.3 Å². The Morgan fingerprint density at radius 3 is 2.55 bits per heavy atom. The summed E-state index contributed by atoms with van der Waals surface area (Å²) >= 11 is 0. The number of carboxylic acids is 1. The van der Waals surface area contributed by atoms with Crippen LogP contribution in [-0.4, -0.2) is 47.5 Å². The summed E-state index contributed by atoms with van der Waals surface area (Å²) < 4.78 is 15.3. The lowest BCUT2D eigenvalue weighted by atomic mass is 10.2. The lowest BCUT2D eigenvalue weighted by molar-refractivity contribution is -0.139. The number of rotatable bonds is 7. The minimum absolute atomic E-state index is 0.224. The summed E-state index contributed by atoms with van der Waals surface area (Å²) in [6.45, 7) is 5.40. The Bertz CT molecular complexity index is 495. The molecule has 1 aromatic rings. The van der Waals surface area contributed by atoms with E-state index >= 15 is 0 Å². The molecule has 0 saturated heterocycles. The van der Waals surface area contributed by atoms with Crippen LogP contribution in [0.4, 0.5) is 4.79 Å². The second kappa shape index (κ2) is 8.06. The van der Waals surface area contributed by atoms with E-state index in [-0.39, 0.29) is 13.2 Å². The third-order valence-electron chi connectivity index (χ3n) is 2.09. The zero-order valence-corrected chi connectivity index (χ0v) is 12.8. The number of ether oxygens (including phenoxy) is 3. The minimum atomic E-state index is -1.06. The molecule has 0 spiro atoms. The molecule has 22 heavy (non-hydrogen) atoms. The average Bonchev–Trinajstić information content (AvgIpc) is 2.40. The maximum Gasteiger partial charge on any atom is 0.407 e. The zero-order chi connectivity index (χ0) is 16.6. The first kappa shape index (κ1) is 17.5. The highest BCUT2D eigenvalue weighted by molar-refractivity contribution is 5.68. The summed E-state index contributed by atoms with van der Waals surface area (Å²) in [4.78, 5) is 25.7. The van der Waals surface area contributed by atoms with Gasteiger partial charge in [0.05, 0.1) is 12.7 Å². The molecule has 8 heteroatoms. The molecule has 0 radical (unpaired) electrons. The van der Waals surface area contributed by atoms with Crippen molar-refractivity contribution in [2.75, 3.05) is 19.8 Å². The molecule has 1 rings (SSSR count). The van der Waals surface area contributed by atoms with Crippen LogP contribution in [0.3, 0.4) is 0 Å². The van der Waals surface area contributed by atoms with Gasteiger partial charge in [-0.15, -0.1) is 0 Å². The van der Waals surface area contributed by atoms with E-state index in [0.717, 1.165) is 0 Å². The Balaban J connectivity index is 2.25. The summed E-state index contributed by atoms with van der Waals surface area (Å²) in [7, 11) is 0. The summed E-state index contributed by atoms with van der Waals surface area (Å²) in [5.41, 5.74) is -0.543. The van der Waals surface area contributed by atoms with Crippen molar-refractivity contribution >= 4 is 12.1 Å². The predicted octanol–water partition coefficient (Wildman–Crippen LogP) is 1.45. The van der Waals surface area contributed by atoms with Gasteiger partial charge in [-0.25, -0.2) is 14.6 Å². The fourth-order valence-corrected chi connectivity index (χ4v) is 1.31. The molecule has 0 atom stereocenters. The number of carbonyl (C=O) groups is 2. The molecular weight excluding hydrogens is 292 g/mol. The number of aromatic nitrogens is 1. The Morgan fingerprint density at radius 1 is 1.27 bits per heavy atom. The second-order valence-electron chi connectivity index (χ2n) is 5.29. The topological polar surface area (TPSA) is 107 Å². The van der Waals surface area contributed by atoms with Crippen LogP contribution in [0.5, 0.6) is 11.6 Å². The molecule has 1 heterocycles. The van der Waals surface area contributed by atoms with E-state index in [0.29, 0.717) is 11.6 Å². The van der Waals surface area contributed by atoms with Crippen molar-refractivity contribution in [1.29, 1.82) is 0 Å². The molecule has 0 aliphatic rings. The number of carboxylic acid groups (broad SMARTS) is 1. The van der Waals surface area contributed by atoms with E-state index in [2.05, 4.69) is 10.3 Å². The van der Waals surface area contributed by atoms with Gasteiger partial charge in [-0.05, 0) is 26.8 Å². The van der Waals surface area contributed by atoms with E-state index in [1.807, 2.05) is 0 Å². The van der Waals surface area contributed by atoms with Crippen LogP contribution >= 0.6 is 0 Å². The van der Waals surface area contributed by atoms with Crippen LogP contribution in [0.15, 0.2) is 18.3 Å². The van der Waals surface area contributed by atoms with Crippen LogP contribution < -0.4 is 14.8 Å². The number of nitrogens with zero attached hydrogens (tertiary/aromatic N) is 1. The van der Waals surface area contributed by atoms with Gasteiger partial charge in [0.2, 0.25) is 5.88 Å². The Morgan fingerprint density at radius 2 is 2.00 bits per heavy atom. The molecule has 122 valence electrons. The van der Waals surface area contributed by atoms with Gasteiger partial charge < -0.3 is 24.6 Å². The van der Waals surface area contributed by atoms with E-state index in [1.54, 1.807) is 32.9 Å². The molecule has 1 aromatic heterocycles. The van der Waals surface area contributed by atoms with Crippen LogP contribution in [-0.2, 0) is 9.53 Å². The molecule has 0 bridgehead atoms. The van der Waals surface area contributed by atoms with Crippen molar-refractivity contribution in [2.45, 2.75) is 26.4 Å². The molecule has 0 saturated carbocycles. The van der Waals surface area contributed by atoms with Crippen molar-refractivity contribution in [3.8, 4) is 11.6 Å². The smallest absolute Gasteiger partial charge is 0.407 e. The Labute approximate surface area is 128 Å². The second-order valence-corrected chi connectivity index (χ2v) is 5.29. The van der Waals surface area contributed by atoms with Gasteiger partial charge in [0.25, 0.3) is 0 Å². The summed E-state index contributed by atoms with van der Waals surface area (Å²) in [5.74, 6) is -0.385. The molecule has 8 nitrogen and oxygen atoms in total. The molecule has 0 aromatic carbocycles. The first-order valence-corrected chi connectivity index (χ1v) is 6.66. The third kappa shape index (κ3) is 7.93. The van der Waals surface area contributed by atoms with E-state index in [1.165, 1.54) is 6.20 Å². The zero-order valence-electron chi connectivity index (χ0n) is 12.8. The van der Waals surface area contributed by atoms with E-state index < -0.39 is 24.3 Å². The summed E-state index contributed by atoms with van der Waals surface area (Å²) in [5, 5.41) is 11.0. The van der Waals surface area contributed by atoms with Crippen LogP contribution in [0.2, 0.25) is 0 Å². The fourth-order valence-electron chi connectivity index (χ4n) is 1.31. The largest absolute Gasteiger partial charge is 0.480 e. The number of nitrogens with one attached hydrogen (secondary N) is 1.